The first-order chi connectivity index (χ1) is 15.7. The number of aliphatic carboxylic acids is 1. The molecule has 0 spiro atoms. The van der Waals surface area contributed by atoms with Crippen molar-refractivity contribution >= 4 is 51.5 Å². The van der Waals surface area contributed by atoms with Gasteiger partial charge in [-0.15, -0.1) is 0 Å². The van der Waals surface area contributed by atoms with E-state index in [1.165, 1.54) is 12.1 Å². The van der Waals surface area contributed by atoms with Crippen molar-refractivity contribution in [3.8, 4) is 11.5 Å². The second-order valence-corrected chi connectivity index (χ2v) is 7.78. The SMILES string of the molecule is CCOc1cc(/C=C2/C(=O)NC(=O)N(c3ccc(CC)cc3)C2=O)cc(Br)c1OCC(=O)O. The minimum atomic E-state index is -1.16. The number of carbonyl (C=O) groups excluding carboxylic acids is 3. The summed E-state index contributed by atoms with van der Waals surface area (Å²) in [6.45, 7) is 3.42. The number of benzene rings is 2. The maximum Gasteiger partial charge on any atom is 0.341 e. The molecule has 10 heteroatoms. The van der Waals surface area contributed by atoms with Crippen molar-refractivity contribution in [2.75, 3.05) is 18.1 Å². The van der Waals surface area contributed by atoms with Crippen LogP contribution in [0.3, 0.4) is 0 Å². The Labute approximate surface area is 198 Å². The molecular weight excluding hydrogens is 496 g/mol. The number of imide groups is 2. The van der Waals surface area contributed by atoms with Crippen LogP contribution < -0.4 is 19.7 Å². The van der Waals surface area contributed by atoms with E-state index >= 15 is 0 Å². The molecule has 0 saturated carbocycles. The van der Waals surface area contributed by atoms with Crippen LogP contribution >= 0.6 is 15.9 Å². The van der Waals surface area contributed by atoms with Crippen LogP contribution in [0.5, 0.6) is 11.5 Å². The summed E-state index contributed by atoms with van der Waals surface area (Å²) in [5.74, 6) is -2.35. The molecule has 1 fully saturated rings. The summed E-state index contributed by atoms with van der Waals surface area (Å²) in [6, 6.07) is 9.11. The summed E-state index contributed by atoms with van der Waals surface area (Å²) in [7, 11) is 0. The van der Waals surface area contributed by atoms with E-state index in [-0.39, 0.29) is 23.7 Å². The highest BCUT2D eigenvalue weighted by atomic mass is 79.9. The summed E-state index contributed by atoms with van der Waals surface area (Å²) >= 11 is 3.31. The Morgan fingerprint density at radius 2 is 1.82 bits per heavy atom. The molecule has 33 heavy (non-hydrogen) atoms. The number of nitrogens with one attached hydrogen (secondary N) is 1. The van der Waals surface area contributed by atoms with Crippen LogP contribution in [-0.2, 0) is 20.8 Å². The number of aryl methyl sites for hydroxylation is 1. The molecule has 1 heterocycles. The van der Waals surface area contributed by atoms with E-state index in [0.29, 0.717) is 15.7 Å². The van der Waals surface area contributed by atoms with Gasteiger partial charge in [-0.05, 0) is 70.7 Å². The molecule has 172 valence electrons. The first kappa shape index (κ1) is 24.0. The van der Waals surface area contributed by atoms with Gasteiger partial charge in [-0.25, -0.2) is 14.5 Å². The molecule has 9 nitrogen and oxygen atoms in total. The van der Waals surface area contributed by atoms with Crippen LogP contribution in [0.25, 0.3) is 6.08 Å². The number of urea groups is 1. The molecule has 0 radical (unpaired) electrons. The Morgan fingerprint density at radius 3 is 2.42 bits per heavy atom. The maximum atomic E-state index is 13.1. The van der Waals surface area contributed by atoms with Gasteiger partial charge in [0.05, 0.1) is 16.8 Å². The van der Waals surface area contributed by atoms with Gasteiger partial charge in [-0.2, -0.15) is 0 Å². The van der Waals surface area contributed by atoms with Gasteiger partial charge in [0.2, 0.25) is 0 Å². The summed E-state index contributed by atoms with van der Waals surface area (Å²) in [4.78, 5) is 49.7. The molecule has 1 aliphatic rings. The fraction of sp³-hybridized carbons (Fsp3) is 0.217. The van der Waals surface area contributed by atoms with Crippen molar-refractivity contribution in [3.63, 3.8) is 0 Å². The average Bonchev–Trinajstić information content (AvgIpc) is 2.76. The van der Waals surface area contributed by atoms with Crippen molar-refractivity contribution in [2.24, 2.45) is 0 Å². The van der Waals surface area contributed by atoms with Crippen molar-refractivity contribution in [1.29, 1.82) is 0 Å². The highest BCUT2D eigenvalue weighted by molar-refractivity contribution is 9.10. The fourth-order valence-corrected chi connectivity index (χ4v) is 3.72. The van der Waals surface area contributed by atoms with Crippen LogP contribution in [0, 0.1) is 0 Å². The number of rotatable bonds is 8. The van der Waals surface area contributed by atoms with E-state index in [1.807, 2.05) is 6.92 Å². The zero-order chi connectivity index (χ0) is 24.1. The van der Waals surface area contributed by atoms with Gasteiger partial charge in [-0.3, -0.25) is 14.9 Å². The Hall–Kier alpha value is -3.66. The molecule has 2 N–H and O–H groups in total. The van der Waals surface area contributed by atoms with Gasteiger partial charge < -0.3 is 14.6 Å². The summed E-state index contributed by atoms with van der Waals surface area (Å²) in [5.41, 5.74) is 1.53. The molecule has 3 rings (SSSR count). The number of hydrogen-bond donors (Lipinski definition) is 2. The Morgan fingerprint density at radius 1 is 1.12 bits per heavy atom. The number of hydrogen-bond acceptors (Lipinski definition) is 6. The Kier molecular flexibility index (Phi) is 7.49. The van der Waals surface area contributed by atoms with Gasteiger partial charge >= 0.3 is 12.0 Å². The second kappa shape index (κ2) is 10.3. The topological polar surface area (TPSA) is 122 Å². The monoisotopic (exact) mass is 516 g/mol. The van der Waals surface area contributed by atoms with E-state index < -0.39 is 30.4 Å². The lowest BCUT2D eigenvalue weighted by Gasteiger charge is -2.26. The van der Waals surface area contributed by atoms with Crippen LogP contribution in [-0.4, -0.2) is 42.1 Å². The summed E-state index contributed by atoms with van der Waals surface area (Å²) in [5, 5.41) is 11.1. The third-order valence-electron chi connectivity index (χ3n) is 4.69. The zero-order valence-electron chi connectivity index (χ0n) is 17.9. The van der Waals surface area contributed by atoms with E-state index in [2.05, 4.69) is 21.2 Å². The molecule has 0 bridgehead atoms. The summed E-state index contributed by atoms with van der Waals surface area (Å²) < 4.78 is 11.2. The lowest BCUT2D eigenvalue weighted by Crippen LogP contribution is -2.54. The predicted octanol–water partition coefficient (Wildman–Crippen LogP) is 3.54. The minimum absolute atomic E-state index is 0.175. The zero-order valence-corrected chi connectivity index (χ0v) is 19.5. The van der Waals surface area contributed by atoms with E-state index in [1.54, 1.807) is 37.3 Å². The summed E-state index contributed by atoms with van der Waals surface area (Å²) in [6.07, 6.45) is 2.12. The second-order valence-electron chi connectivity index (χ2n) is 6.92. The molecule has 1 aliphatic heterocycles. The quantitative estimate of drug-likeness (QED) is 0.406. The molecule has 1 saturated heterocycles. The molecular formula is C23H21BrN2O7. The lowest BCUT2D eigenvalue weighted by molar-refractivity contribution is -0.139. The van der Waals surface area contributed by atoms with Gasteiger partial charge in [0.1, 0.15) is 5.57 Å². The van der Waals surface area contributed by atoms with Crippen molar-refractivity contribution in [1.82, 2.24) is 5.32 Å². The highest BCUT2D eigenvalue weighted by Gasteiger charge is 2.36. The number of carbonyl (C=O) groups is 4. The largest absolute Gasteiger partial charge is 0.490 e. The molecule has 0 atom stereocenters. The van der Waals surface area contributed by atoms with Crippen LogP contribution in [0.4, 0.5) is 10.5 Å². The van der Waals surface area contributed by atoms with Crippen LogP contribution in [0.1, 0.15) is 25.0 Å². The number of ether oxygens (including phenoxy) is 2. The standard InChI is InChI=1S/C23H21BrN2O7/c1-3-13-5-7-15(8-6-13)26-22(30)16(21(29)25-23(26)31)9-14-10-17(24)20(33-12-19(27)28)18(11-14)32-4-2/h5-11H,3-4,12H2,1-2H3,(H,27,28)(H,25,29,31)/b16-9-. The molecule has 0 aromatic heterocycles. The molecule has 0 unspecified atom stereocenters. The minimum Gasteiger partial charge on any atom is -0.490 e. The third kappa shape index (κ3) is 5.40. The van der Waals surface area contributed by atoms with Crippen LogP contribution in [0.15, 0.2) is 46.4 Å². The predicted molar refractivity (Wildman–Crippen MR) is 123 cm³/mol. The number of carboxylic acid groups (broad SMARTS) is 1. The van der Waals surface area contributed by atoms with Gasteiger partial charge in [0.25, 0.3) is 11.8 Å². The van der Waals surface area contributed by atoms with E-state index in [4.69, 9.17) is 14.6 Å². The highest BCUT2D eigenvalue weighted by Crippen LogP contribution is 2.38. The Bertz CT molecular complexity index is 1140. The number of amides is 4. The first-order valence-electron chi connectivity index (χ1n) is 10.1. The molecule has 4 amide bonds. The van der Waals surface area contributed by atoms with Gasteiger partial charge in [0.15, 0.2) is 18.1 Å². The number of nitrogens with zero attached hydrogens (tertiary/aromatic N) is 1. The maximum absolute atomic E-state index is 13.1. The van der Waals surface area contributed by atoms with Crippen molar-refractivity contribution in [2.45, 2.75) is 20.3 Å². The third-order valence-corrected chi connectivity index (χ3v) is 5.28. The fourth-order valence-electron chi connectivity index (χ4n) is 3.15. The molecule has 2 aromatic carbocycles. The number of carboxylic acids is 1. The van der Waals surface area contributed by atoms with Crippen molar-refractivity contribution in [3.05, 3.63) is 57.6 Å². The number of anilines is 1. The number of barbiturate groups is 1. The van der Waals surface area contributed by atoms with Crippen LogP contribution in [0.2, 0.25) is 0 Å². The van der Waals surface area contributed by atoms with E-state index in [0.717, 1.165) is 16.9 Å². The van der Waals surface area contributed by atoms with Crippen molar-refractivity contribution < 1.29 is 33.8 Å². The average molecular weight is 517 g/mol. The van der Waals surface area contributed by atoms with E-state index in [9.17, 15) is 19.2 Å². The first-order valence-corrected chi connectivity index (χ1v) is 10.9. The van der Waals surface area contributed by atoms with Gasteiger partial charge in [0, 0.05) is 0 Å². The number of halogens is 1. The molecule has 0 aliphatic carbocycles. The lowest BCUT2D eigenvalue weighted by atomic mass is 10.1. The normalized spacial score (nSPS) is 14.9. The molecule has 2 aromatic rings. The smallest absolute Gasteiger partial charge is 0.341 e. The Balaban J connectivity index is 1.99. The van der Waals surface area contributed by atoms with Gasteiger partial charge in [-0.1, -0.05) is 19.1 Å².